The number of carboxylic acids is 1. The number of rotatable bonds is 7. The number of aromatic nitrogens is 1. The van der Waals surface area contributed by atoms with Gasteiger partial charge in [-0.2, -0.15) is 0 Å². The second-order valence-corrected chi connectivity index (χ2v) is 6.99. The monoisotopic (exact) mass is 404 g/mol. The van der Waals surface area contributed by atoms with Crippen LogP contribution in [-0.2, 0) is 4.79 Å². The van der Waals surface area contributed by atoms with E-state index in [1.807, 2.05) is 54.6 Å². The van der Waals surface area contributed by atoms with E-state index in [1.165, 1.54) is 0 Å². The summed E-state index contributed by atoms with van der Waals surface area (Å²) in [5.74, 6) is 0.379. The number of methoxy groups -OCH3 is 1. The van der Waals surface area contributed by atoms with Gasteiger partial charge < -0.3 is 15.6 Å². The first-order valence-electron chi connectivity index (χ1n) is 8.21. The van der Waals surface area contributed by atoms with Gasteiger partial charge in [0.1, 0.15) is 5.75 Å². The second-order valence-electron chi connectivity index (χ2n) is 5.92. The fourth-order valence-corrected chi connectivity index (χ4v) is 3.68. The van der Waals surface area contributed by atoms with Gasteiger partial charge in [0.2, 0.25) is 0 Å². The molecule has 27 heavy (non-hydrogen) atoms. The molecule has 3 rings (SSSR count). The van der Waals surface area contributed by atoms with Gasteiger partial charge in [-0.1, -0.05) is 30.3 Å². The van der Waals surface area contributed by atoms with Gasteiger partial charge in [-0.15, -0.1) is 24.2 Å². The highest BCUT2D eigenvalue weighted by Gasteiger charge is 2.13. The number of ether oxygens (including phenoxy) is 1. The molecule has 0 aliphatic rings. The number of aliphatic carboxylic acids is 1. The average molecular weight is 405 g/mol. The fourth-order valence-electron chi connectivity index (χ4n) is 2.66. The van der Waals surface area contributed by atoms with Crippen LogP contribution in [0.3, 0.4) is 0 Å². The van der Waals surface area contributed by atoms with Crippen LogP contribution < -0.4 is 10.5 Å². The normalized spacial score (nSPS) is 11.6. The van der Waals surface area contributed by atoms with Gasteiger partial charge >= 0.3 is 5.97 Å². The molecule has 2 aromatic carbocycles. The number of nitrogens with two attached hydrogens (primary N) is 1. The van der Waals surface area contributed by atoms with Crippen LogP contribution in [0, 0.1) is 0 Å². The van der Waals surface area contributed by atoms with Crippen LogP contribution in [-0.4, -0.2) is 35.0 Å². The minimum absolute atomic E-state index is 0. The summed E-state index contributed by atoms with van der Waals surface area (Å²) < 4.78 is 5.33. The second kappa shape index (κ2) is 9.60. The van der Waals surface area contributed by atoms with E-state index in [2.05, 4.69) is 0 Å². The Labute approximate surface area is 168 Å². The number of carbonyl (C=O) groups is 1. The van der Waals surface area contributed by atoms with Gasteiger partial charge in [0.05, 0.1) is 24.7 Å². The van der Waals surface area contributed by atoms with Crippen molar-refractivity contribution < 1.29 is 14.6 Å². The highest BCUT2D eigenvalue weighted by Crippen LogP contribution is 2.33. The van der Waals surface area contributed by atoms with Crippen molar-refractivity contribution in [3.05, 3.63) is 54.6 Å². The van der Waals surface area contributed by atoms with Crippen LogP contribution in [0.5, 0.6) is 5.75 Å². The maximum absolute atomic E-state index is 10.8. The average Bonchev–Trinajstić information content (AvgIpc) is 2.65. The van der Waals surface area contributed by atoms with Gasteiger partial charge in [0, 0.05) is 27.6 Å². The van der Waals surface area contributed by atoms with E-state index in [4.69, 9.17) is 20.6 Å². The van der Waals surface area contributed by atoms with Gasteiger partial charge in [0.25, 0.3) is 0 Å². The van der Waals surface area contributed by atoms with E-state index >= 15 is 0 Å². The summed E-state index contributed by atoms with van der Waals surface area (Å²) in [6.07, 6.45) is -0.0507. The van der Waals surface area contributed by atoms with E-state index in [0.717, 1.165) is 32.8 Å². The van der Waals surface area contributed by atoms with E-state index in [0.29, 0.717) is 5.75 Å². The van der Waals surface area contributed by atoms with Crippen molar-refractivity contribution >= 4 is 41.0 Å². The van der Waals surface area contributed by atoms with Crippen LogP contribution in [0.2, 0.25) is 0 Å². The summed E-state index contributed by atoms with van der Waals surface area (Å²) in [7, 11) is 1.63. The highest BCUT2D eigenvalue weighted by molar-refractivity contribution is 7.99. The summed E-state index contributed by atoms with van der Waals surface area (Å²) in [4.78, 5) is 16.6. The molecule has 0 spiro atoms. The van der Waals surface area contributed by atoms with Crippen LogP contribution in [0.15, 0.2) is 59.5 Å². The lowest BCUT2D eigenvalue weighted by molar-refractivity contribution is -0.137. The topological polar surface area (TPSA) is 85.4 Å². The first-order chi connectivity index (χ1) is 12.6. The number of nitrogens with zero attached hydrogens (tertiary/aromatic N) is 1. The Morgan fingerprint density at radius 3 is 2.63 bits per heavy atom. The van der Waals surface area contributed by atoms with E-state index < -0.39 is 12.0 Å². The van der Waals surface area contributed by atoms with Crippen molar-refractivity contribution in [1.29, 1.82) is 0 Å². The third-order valence-corrected chi connectivity index (χ3v) is 5.18. The molecule has 3 aromatic rings. The van der Waals surface area contributed by atoms with Crippen LogP contribution in [0.1, 0.15) is 6.42 Å². The molecule has 0 saturated heterocycles. The maximum atomic E-state index is 10.8. The molecule has 1 atom stereocenters. The summed E-state index contributed by atoms with van der Waals surface area (Å²) in [6.45, 7) is 0. The van der Waals surface area contributed by atoms with Crippen LogP contribution in [0.25, 0.3) is 22.2 Å². The SMILES string of the molecule is COc1ccc2nc(-c3ccccc3)cc(SCC(N)CC(=O)O)c2c1.Cl. The first kappa shape index (κ1) is 21.0. The number of thioether (sulfide) groups is 1. The molecule has 1 aromatic heterocycles. The molecule has 0 saturated carbocycles. The Balaban J connectivity index is 0.00000261. The summed E-state index contributed by atoms with van der Waals surface area (Å²) in [6, 6.07) is 17.3. The Hall–Kier alpha value is -2.28. The van der Waals surface area contributed by atoms with Crippen molar-refractivity contribution in [2.45, 2.75) is 17.4 Å². The molecule has 142 valence electrons. The Bertz CT molecular complexity index is 922. The number of carboxylic acid groups (broad SMARTS) is 1. The largest absolute Gasteiger partial charge is 0.497 e. The lowest BCUT2D eigenvalue weighted by Crippen LogP contribution is -2.26. The smallest absolute Gasteiger partial charge is 0.304 e. The van der Waals surface area contributed by atoms with E-state index in [1.54, 1.807) is 18.9 Å². The molecule has 0 bridgehead atoms. The van der Waals surface area contributed by atoms with E-state index in [9.17, 15) is 4.79 Å². The number of hydrogen-bond donors (Lipinski definition) is 2. The first-order valence-corrected chi connectivity index (χ1v) is 9.20. The quantitative estimate of drug-likeness (QED) is 0.573. The van der Waals surface area contributed by atoms with Crippen LogP contribution in [0.4, 0.5) is 0 Å². The number of benzene rings is 2. The standard InChI is InChI=1S/C20H20N2O3S.ClH/c1-25-15-7-8-17-16(10-15)19(26-12-14(21)9-20(23)24)11-18(22-17)13-5-3-2-4-6-13;/h2-8,10-11,14H,9,12,21H2,1H3,(H,23,24);1H. The zero-order valence-corrected chi connectivity index (χ0v) is 16.4. The summed E-state index contributed by atoms with van der Waals surface area (Å²) in [5.41, 5.74) is 8.69. The molecule has 1 unspecified atom stereocenters. The molecule has 0 fully saturated rings. The third-order valence-electron chi connectivity index (χ3n) is 3.94. The molecular weight excluding hydrogens is 384 g/mol. The minimum Gasteiger partial charge on any atom is -0.497 e. The number of pyridine rings is 1. The molecular formula is C20H21ClN2O3S. The Morgan fingerprint density at radius 2 is 1.96 bits per heavy atom. The van der Waals surface area contributed by atoms with Crippen molar-refractivity contribution in [3.8, 4) is 17.0 Å². The minimum atomic E-state index is -0.885. The van der Waals surface area contributed by atoms with Gasteiger partial charge in [-0.3, -0.25) is 4.79 Å². The lowest BCUT2D eigenvalue weighted by Gasteiger charge is -2.13. The van der Waals surface area contributed by atoms with Crippen molar-refractivity contribution in [1.82, 2.24) is 4.98 Å². The molecule has 7 heteroatoms. The molecule has 0 amide bonds. The van der Waals surface area contributed by atoms with Crippen LogP contribution >= 0.6 is 24.2 Å². The van der Waals surface area contributed by atoms with E-state index in [-0.39, 0.29) is 18.8 Å². The van der Waals surface area contributed by atoms with Crippen molar-refractivity contribution in [2.24, 2.45) is 5.73 Å². The molecule has 0 aliphatic carbocycles. The Morgan fingerprint density at radius 1 is 1.22 bits per heavy atom. The molecule has 5 nitrogen and oxygen atoms in total. The van der Waals surface area contributed by atoms with Gasteiger partial charge in [-0.05, 0) is 24.3 Å². The predicted octanol–water partition coefficient (Wildman–Crippen LogP) is 4.23. The zero-order valence-electron chi connectivity index (χ0n) is 14.8. The molecule has 0 radical (unpaired) electrons. The molecule has 0 aliphatic heterocycles. The zero-order chi connectivity index (χ0) is 18.5. The van der Waals surface area contributed by atoms with Gasteiger partial charge in [0.15, 0.2) is 0 Å². The number of hydrogen-bond acceptors (Lipinski definition) is 5. The number of fused-ring (bicyclic) bond motifs is 1. The summed E-state index contributed by atoms with van der Waals surface area (Å²) in [5, 5.41) is 9.87. The highest BCUT2D eigenvalue weighted by atomic mass is 35.5. The van der Waals surface area contributed by atoms with Gasteiger partial charge in [-0.25, -0.2) is 4.98 Å². The summed E-state index contributed by atoms with van der Waals surface area (Å²) >= 11 is 1.54. The number of halogens is 1. The van der Waals surface area contributed by atoms with Crippen molar-refractivity contribution in [3.63, 3.8) is 0 Å². The van der Waals surface area contributed by atoms with Crippen molar-refractivity contribution in [2.75, 3.05) is 12.9 Å². The fraction of sp³-hybridized carbons (Fsp3) is 0.200. The predicted molar refractivity (Wildman–Crippen MR) is 112 cm³/mol. The molecule has 1 heterocycles. The Kier molecular flexibility index (Phi) is 7.47. The lowest BCUT2D eigenvalue weighted by atomic mass is 10.1. The third kappa shape index (κ3) is 5.35. The molecule has 3 N–H and O–H groups in total. The maximum Gasteiger partial charge on any atom is 0.304 e.